The summed E-state index contributed by atoms with van der Waals surface area (Å²) in [4.78, 5) is 22.9. The average Bonchev–Trinajstić information content (AvgIpc) is 2.48. The van der Waals surface area contributed by atoms with Crippen molar-refractivity contribution in [1.29, 1.82) is 0 Å². The van der Waals surface area contributed by atoms with Gasteiger partial charge < -0.3 is 4.74 Å². The Labute approximate surface area is 122 Å². The Hall–Kier alpha value is -2.69. The summed E-state index contributed by atoms with van der Waals surface area (Å²) in [5.41, 5.74) is 0.802. The fourth-order valence-corrected chi connectivity index (χ4v) is 2.08. The van der Waals surface area contributed by atoms with Crippen LogP contribution in [0, 0.1) is 10.1 Å². The lowest BCUT2D eigenvalue weighted by atomic mass is 10.0. The fourth-order valence-electron chi connectivity index (χ4n) is 2.08. The van der Waals surface area contributed by atoms with E-state index < -0.39 is 4.92 Å². The van der Waals surface area contributed by atoms with Crippen molar-refractivity contribution < 1.29 is 14.5 Å². The summed E-state index contributed by atoms with van der Waals surface area (Å²) in [6, 6.07) is 13.2. The van der Waals surface area contributed by atoms with Gasteiger partial charge in [-0.1, -0.05) is 30.3 Å². The van der Waals surface area contributed by atoms with Gasteiger partial charge in [0.2, 0.25) is 0 Å². The molecule has 0 N–H and O–H groups in total. The Morgan fingerprint density at radius 3 is 2.52 bits per heavy atom. The molecule has 0 aromatic heterocycles. The van der Waals surface area contributed by atoms with Gasteiger partial charge in [-0.15, -0.1) is 0 Å². The molecule has 21 heavy (non-hydrogen) atoms. The zero-order valence-electron chi connectivity index (χ0n) is 11.6. The number of rotatable bonds is 6. The van der Waals surface area contributed by atoms with Crippen LogP contribution in [0.15, 0.2) is 48.5 Å². The van der Waals surface area contributed by atoms with Crippen LogP contribution in [0.2, 0.25) is 0 Å². The molecule has 0 fully saturated rings. The number of nitro benzene ring substituents is 1. The second-order valence-corrected chi connectivity index (χ2v) is 4.41. The average molecular weight is 285 g/mol. The highest BCUT2D eigenvalue weighted by atomic mass is 16.6. The molecule has 0 heterocycles. The Balaban J connectivity index is 2.29. The second-order valence-electron chi connectivity index (χ2n) is 4.41. The van der Waals surface area contributed by atoms with Crippen molar-refractivity contribution in [2.75, 3.05) is 6.61 Å². The Kier molecular flexibility index (Phi) is 4.66. The van der Waals surface area contributed by atoms with Crippen LogP contribution in [0.25, 0.3) is 0 Å². The third-order valence-corrected chi connectivity index (χ3v) is 3.03. The van der Waals surface area contributed by atoms with Crippen LogP contribution in [0.5, 0.6) is 5.75 Å². The van der Waals surface area contributed by atoms with Gasteiger partial charge >= 0.3 is 0 Å². The molecule has 0 aliphatic carbocycles. The van der Waals surface area contributed by atoms with Gasteiger partial charge in [-0.25, -0.2) is 0 Å². The molecule has 2 rings (SSSR count). The zero-order chi connectivity index (χ0) is 15.2. The van der Waals surface area contributed by atoms with Crippen molar-refractivity contribution in [2.24, 2.45) is 0 Å². The summed E-state index contributed by atoms with van der Waals surface area (Å²) >= 11 is 0. The minimum atomic E-state index is -0.475. The topological polar surface area (TPSA) is 69.4 Å². The molecule has 2 aromatic carbocycles. The predicted octanol–water partition coefficient (Wildman–Crippen LogP) is 3.42. The van der Waals surface area contributed by atoms with Crippen LogP contribution in [0.4, 0.5) is 5.69 Å². The van der Waals surface area contributed by atoms with Gasteiger partial charge in [-0.05, 0) is 19.1 Å². The lowest BCUT2D eigenvalue weighted by Crippen LogP contribution is -2.08. The molecule has 0 aliphatic rings. The summed E-state index contributed by atoms with van der Waals surface area (Å²) in [7, 11) is 0. The maximum atomic E-state index is 12.4. The van der Waals surface area contributed by atoms with Crippen molar-refractivity contribution in [3.8, 4) is 5.75 Å². The first-order chi connectivity index (χ1) is 10.1. The maximum absolute atomic E-state index is 12.4. The summed E-state index contributed by atoms with van der Waals surface area (Å²) in [5, 5.41) is 11.0. The van der Waals surface area contributed by atoms with Crippen molar-refractivity contribution in [2.45, 2.75) is 13.3 Å². The van der Waals surface area contributed by atoms with Gasteiger partial charge in [0.15, 0.2) is 5.78 Å². The number of nitro groups is 1. The van der Waals surface area contributed by atoms with Gasteiger partial charge in [-0.2, -0.15) is 0 Å². The first-order valence-electron chi connectivity index (χ1n) is 6.60. The molecule has 108 valence electrons. The van der Waals surface area contributed by atoms with Crippen LogP contribution < -0.4 is 4.74 Å². The molecule has 0 radical (unpaired) electrons. The van der Waals surface area contributed by atoms with E-state index in [0.717, 1.165) is 0 Å². The SMILES string of the molecule is CCOc1ccccc1C(=O)Cc1ccccc1[N+](=O)[O-]. The van der Waals surface area contributed by atoms with E-state index in [9.17, 15) is 14.9 Å². The minimum absolute atomic E-state index is 0.0265. The normalized spacial score (nSPS) is 10.1. The minimum Gasteiger partial charge on any atom is -0.493 e. The van der Waals surface area contributed by atoms with E-state index in [-0.39, 0.29) is 17.9 Å². The van der Waals surface area contributed by atoms with Crippen LogP contribution in [0.1, 0.15) is 22.8 Å². The van der Waals surface area contributed by atoms with E-state index in [4.69, 9.17) is 4.74 Å². The maximum Gasteiger partial charge on any atom is 0.273 e. The summed E-state index contributed by atoms with van der Waals surface area (Å²) in [5.74, 6) is 0.303. The number of hydrogen-bond donors (Lipinski definition) is 0. The molecule has 0 saturated heterocycles. The Morgan fingerprint density at radius 2 is 1.81 bits per heavy atom. The number of carbonyl (C=O) groups is 1. The number of benzene rings is 2. The highest BCUT2D eigenvalue weighted by Crippen LogP contribution is 2.23. The molecule has 0 amide bonds. The van der Waals surface area contributed by atoms with Crippen molar-refractivity contribution in [3.63, 3.8) is 0 Å². The monoisotopic (exact) mass is 285 g/mol. The molecule has 5 heteroatoms. The molecule has 0 aliphatic heterocycles. The third kappa shape index (κ3) is 3.45. The third-order valence-electron chi connectivity index (χ3n) is 3.03. The largest absolute Gasteiger partial charge is 0.493 e. The molecular formula is C16H15NO4. The zero-order valence-corrected chi connectivity index (χ0v) is 11.6. The molecule has 5 nitrogen and oxygen atoms in total. The number of hydrogen-bond acceptors (Lipinski definition) is 4. The van der Waals surface area contributed by atoms with E-state index in [0.29, 0.717) is 23.5 Å². The molecule has 0 atom stereocenters. The summed E-state index contributed by atoms with van der Waals surface area (Å²) in [6.45, 7) is 2.29. The summed E-state index contributed by atoms with van der Waals surface area (Å²) in [6.07, 6.45) is -0.0265. The standard InChI is InChI=1S/C16H15NO4/c1-2-21-16-10-6-4-8-13(16)15(18)11-12-7-3-5-9-14(12)17(19)20/h3-10H,2,11H2,1H3. The Morgan fingerprint density at radius 1 is 1.14 bits per heavy atom. The summed E-state index contributed by atoms with van der Waals surface area (Å²) < 4.78 is 5.42. The van der Waals surface area contributed by atoms with Gasteiger partial charge in [0.25, 0.3) is 5.69 Å². The number of ketones is 1. The quantitative estimate of drug-likeness (QED) is 0.463. The van der Waals surface area contributed by atoms with Crippen molar-refractivity contribution >= 4 is 11.5 Å². The van der Waals surface area contributed by atoms with Crippen molar-refractivity contribution in [3.05, 3.63) is 69.8 Å². The molecule has 0 saturated carbocycles. The van der Waals surface area contributed by atoms with Gasteiger partial charge in [-0.3, -0.25) is 14.9 Å². The molecule has 0 unspecified atom stereocenters. The van der Waals surface area contributed by atoms with E-state index in [1.165, 1.54) is 6.07 Å². The van der Waals surface area contributed by atoms with Crippen LogP contribution >= 0.6 is 0 Å². The lowest BCUT2D eigenvalue weighted by Gasteiger charge is -2.09. The molecule has 2 aromatic rings. The second kappa shape index (κ2) is 6.65. The molecule has 0 bridgehead atoms. The Bertz CT molecular complexity index is 667. The number of ether oxygens (including phenoxy) is 1. The van der Waals surface area contributed by atoms with Crippen LogP contribution in [0.3, 0.4) is 0 Å². The van der Waals surface area contributed by atoms with E-state index in [1.807, 2.05) is 6.92 Å². The predicted molar refractivity (Wildman–Crippen MR) is 78.7 cm³/mol. The first-order valence-corrected chi connectivity index (χ1v) is 6.60. The fraction of sp³-hybridized carbons (Fsp3) is 0.188. The highest BCUT2D eigenvalue weighted by molar-refractivity contribution is 6.00. The van der Waals surface area contributed by atoms with Crippen LogP contribution in [-0.2, 0) is 6.42 Å². The molecular weight excluding hydrogens is 270 g/mol. The van der Waals surface area contributed by atoms with E-state index >= 15 is 0 Å². The van der Waals surface area contributed by atoms with Gasteiger partial charge in [0.05, 0.1) is 17.1 Å². The number of para-hydroxylation sites is 2. The van der Waals surface area contributed by atoms with E-state index in [1.54, 1.807) is 42.5 Å². The van der Waals surface area contributed by atoms with Gasteiger partial charge in [0.1, 0.15) is 5.75 Å². The van der Waals surface area contributed by atoms with Crippen LogP contribution in [-0.4, -0.2) is 17.3 Å². The number of nitrogens with zero attached hydrogens (tertiary/aromatic N) is 1. The lowest BCUT2D eigenvalue weighted by molar-refractivity contribution is -0.385. The molecule has 0 spiro atoms. The number of Topliss-reactive ketones (excluding diaryl/α,β-unsaturated/α-hetero) is 1. The first kappa shape index (κ1) is 14.7. The highest BCUT2D eigenvalue weighted by Gasteiger charge is 2.18. The van der Waals surface area contributed by atoms with Gasteiger partial charge in [0, 0.05) is 18.1 Å². The number of carbonyl (C=O) groups excluding carboxylic acids is 1. The van der Waals surface area contributed by atoms with E-state index in [2.05, 4.69) is 0 Å². The van der Waals surface area contributed by atoms with Crippen molar-refractivity contribution in [1.82, 2.24) is 0 Å². The smallest absolute Gasteiger partial charge is 0.273 e.